The number of aromatic amines is 1. The van der Waals surface area contributed by atoms with Crippen molar-refractivity contribution in [1.82, 2.24) is 20.3 Å². The lowest BCUT2D eigenvalue weighted by Crippen LogP contribution is -2.39. The van der Waals surface area contributed by atoms with Crippen molar-refractivity contribution in [1.29, 1.82) is 0 Å². The second kappa shape index (κ2) is 5.63. The van der Waals surface area contributed by atoms with E-state index in [9.17, 15) is 9.18 Å². The standard InChI is InChI=1S/C15H17FN4O/c1-10-14(18-19-17-10)15(21)20-8-3-2-7-13(20)11-5-4-6-12(16)9-11/h4-6,9,13H,2-3,7-8H2,1H3,(H,17,18,19)/t13-/m0/s1. The quantitative estimate of drug-likeness (QED) is 0.924. The van der Waals surface area contributed by atoms with Crippen LogP contribution < -0.4 is 0 Å². The number of carbonyl (C=O) groups excluding carboxylic acids is 1. The molecule has 110 valence electrons. The van der Waals surface area contributed by atoms with E-state index >= 15 is 0 Å². The van der Waals surface area contributed by atoms with Crippen LogP contribution in [0.15, 0.2) is 24.3 Å². The first-order chi connectivity index (χ1) is 10.2. The van der Waals surface area contributed by atoms with Gasteiger partial charge in [0.05, 0.1) is 11.7 Å². The molecule has 0 saturated carbocycles. The van der Waals surface area contributed by atoms with Crippen LogP contribution in [0.4, 0.5) is 4.39 Å². The molecule has 6 heteroatoms. The monoisotopic (exact) mass is 288 g/mol. The highest BCUT2D eigenvalue weighted by molar-refractivity contribution is 5.93. The number of rotatable bonds is 2. The van der Waals surface area contributed by atoms with Crippen LogP contribution in [-0.2, 0) is 0 Å². The lowest BCUT2D eigenvalue weighted by atomic mass is 9.94. The fraction of sp³-hybridized carbons (Fsp3) is 0.400. The molecule has 0 bridgehead atoms. The number of piperidine rings is 1. The van der Waals surface area contributed by atoms with Gasteiger partial charge in [-0.3, -0.25) is 4.79 Å². The predicted molar refractivity (Wildman–Crippen MR) is 75.1 cm³/mol. The largest absolute Gasteiger partial charge is 0.330 e. The molecular formula is C15H17FN4O. The van der Waals surface area contributed by atoms with Crippen molar-refractivity contribution in [2.45, 2.75) is 32.2 Å². The van der Waals surface area contributed by atoms with Crippen LogP contribution in [0, 0.1) is 12.7 Å². The van der Waals surface area contributed by atoms with E-state index in [1.54, 1.807) is 17.9 Å². The van der Waals surface area contributed by atoms with Gasteiger partial charge in [0.2, 0.25) is 0 Å². The lowest BCUT2D eigenvalue weighted by Gasteiger charge is -2.35. The van der Waals surface area contributed by atoms with Crippen molar-refractivity contribution in [2.24, 2.45) is 0 Å². The molecule has 0 radical (unpaired) electrons. The fourth-order valence-electron chi connectivity index (χ4n) is 2.86. The zero-order valence-corrected chi connectivity index (χ0v) is 11.8. The molecule has 0 spiro atoms. The van der Waals surface area contributed by atoms with Crippen molar-refractivity contribution < 1.29 is 9.18 Å². The fourth-order valence-corrected chi connectivity index (χ4v) is 2.86. The maximum Gasteiger partial charge on any atom is 0.276 e. The predicted octanol–water partition coefficient (Wildman–Crippen LogP) is 2.62. The summed E-state index contributed by atoms with van der Waals surface area (Å²) in [6.45, 7) is 2.41. The van der Waals surface area contributed by atoms with Crippen LogP contribution in [0.2, 0.25) is 0 Å². The third kappa shape index (κ3) is 2.66. The molecule has 3 rings (SSSR count). The Hall–Kier alpha value is -2.24. The number of hydrogen-bond acceptors (Lipinski definition) is 3. The van der Waals surface area contributed by atoms with Gasteiger partial charge in [0, 0.05) is 6.54 Å². The third-order valence-corrected chi connectivity index (χ3v) is 3.92. The van der Waals surface area contributed by atoms with Gasteiger partial charge in [-0.2, -0.15) is 15.4 Å². The Balaban J connectivity index is 1.92. The Morgan fingerprint density at radius 2 is 2.24 bits per heavy atom. The molecule has 2 heterocycles. The van der Waals surface area contributed by atoms with E-state index in [0.717, 1.165) is 24.8 Å². The number of aryl methyl sites for hydroxylation is 1. The number of H-pyrrole nitrogens is 1. The smallest absolute Gasteiger partial charge is 0.276 e. The summed E-state index contributed by atoms with van der Waals surface area (Å²) in [7, 11) is 0. The van der Waals surface area contributed by atoms with Gasteiger partial charge in [0.1, 0.15) is 5.82 Å². The number of aromatic nitrogens is 3. The highest BCUT2D eigenvalue weighted by Gasteiger charge is 2.31. The minimum atomic E-state index is -0.275. The molecule has 0 unspecified atom stereocenters. The average Bonchev–Trinajstić information content (AvgIpc) is 2.93. The molecule has 1 saturated heterocycles. The van der Waals surface area contributed by atoms with Crippen LogP contribution in [0.1, 0.15) is 47.1 Å². The summed E-state index contributed by atoms with van der Waals surface area (Å²) in [5.74, 6) is -0.418. The topological polar surface area (TPSA) is 61.9 Å². The molecule has 1 amide bonds. The molecule has 0 aliphatic carbocycles. The minimum Gasteiger partial charge on any atom is -0.330 e. The highest BCUT2D eigenvalue weighted by Crippen LogP contribution is 2.32. The Labute approximate surface area is 122 Å². The van der Waals surface area contributed by atoms with Gasteiger partial charge in [-0.1, -0.05) is 12.1 Å². The van der Waals surface area contributed by atoms with Crippen LogP contribution in [0.25, 0.3) is 0 Å². The minimum absolute atomic E-state index is 0.0990. The molecule has 1 aliphatic rings. The van der Waals surface area contributed by atoms with E-state index in [0.29, 0.717) is 17.9 Å². The maximum atomic E-state index is 13.5. The van der Waals surface area contributed by atoms with Crippen LogP contribution in [0.5, 0.6) is 0 Å². The molecule has 2 aromatic rings. The highest BCUT2D eigenvalue weighted by atomic mass is 19.1. The van der Waals surface area contributed by atoms with E-state index in [1.807, 2.05) is 6.07 Å². The molecule has 1 fully saturated rings. The number of carbonyl (C=O) groups is 1. The van der Waals surface area contributed by atoms with Gasteiger partial charge >= 0.3 is 0 Å². The third-order valence-electron chi connectivity index (χ3n) is 3.92. The summed E-state index contributed by atoms with van der Waals surface area (Å²) < 4.78 is 13.5. The van der Waals surface area contributed by atoms with Gasteiger partial charge in [-0.15, -0.1) is 0 Å². The van der Waals surface area contributed by atoms with Gasteiger partial charge in [0.25, 0.3) is 5.91 Å². The van der Waals surface area contributed by atoms with Crippen LogP contribution >= 0.6 is 0 Å². The average molecular weight is 288 g/mol. The first kappa shape index (κ1) is 13.7. The summed E-state index contributed by atoms with van der Waals surface area (Å²) in [4.78, 5) is 14.4. The number of amides is 1. The van der Waals surface area contributed by atoms with Crippen molar-refractivity contribution >= 4 is 5.91 Å². The van der Waals surface area contributed by atoms with Gasteiger partial charge in [0.15, 0.2) is 5.69 Å². The van der Waals surface area contributed by atoms with E-state index in [2.05, 4.69) is 15.4 Å². The van der Waals surface area contributed by atoms with Crippen molar-refractivity contribution in [2.75, 3.05) is 6.54 Å². The summed E-state index contributed by atoms with van der Waals surface area (Å²) in [5.41, 5.74) is 1.77. The first-order valence-corrected chi connectivity index (χ1v) is 7.10. The van der Waals surface area contributed by atoms with Gasteiger partial charge in [-0.05, 0) is 43.9 Å². The van der Waals surface area contributed by atoms with Crippen LogP contribution in [-0.4, -0.2) is 32.8 Å². The Kier molecular flexibility index (Phi) is 3.68. The van der Waals surface area contributed by atoms with E-state index in [-0.39, 0.29) is 17.8 Å². The van der Waals surface area contributed by atoms with Crippen molar-refractivity contribution in [3.63, 3.8) is 0 Å². The lowest BCUT2D eigenvalue weighted by molar-refractivity contribution is 0.0604. The zero-order chi connectivity index (χ0) is 14.8. The van der Waals surface area contributed by atoms with E-state index in [1.165, 1.54) is 12.1 Å². The van der Waals surface area contributed by atoms with Gasteiger partial charge < -0.3 is 4.90 Å². The van der Waals surface area contributed by atoms with Crippen molar-refractivity contribution in [3.05, 3.63) is 47.0 Å². The second-order valence-electron chi connectivity index (χ2n) is 5.32. The Morgan fingerprint density at radius 3 is 2.95 bits per heavy atom. The number of nitrogens with one attached hydrogen (secondary N) is 1. The summed E-state index contributed by atoms with van der Waals surface area (Å²) >= 11 is 0. The normalized spacial score (nSPS) is 18.8. The molecule has 1 atom stereocenters. The second-order valence-corrected chi connectivity index (χ2v) is 5.32. The first-order valence-electron chi connectivity index (χ1n) is 7.10. The number of hydrogen-bond donors (Lipinski definition) is 1. The zero-order valence-electron chi connectivity index (χ0n) is 11.8. The Bertz CT molecular complexity index is 655. The summed E-state index contributed by atoms with van der Waals surface area (Å²) in [6, 6.07) is 6.38. The maximum absolute atomic E-state index is 13.5. The molecule has 5 nitrogen and oxygen atoms in total. The number of halogens is 1. The molecule has 1 aromatic heterocycles. The number of benzene rings is 1. The van der Waals surface area contributed by atoms with E-state index in [4.69, 9.17) is 0 Å². The molecular weight excluding hydrogens is 271 g/mol. The van der Waals surface area contributed by atoms with E-state index < -0.39 is 0 Å². The SMILES string of the molecule is Cc1n[nH]nc1C(=O)N1CCCC[C@H]1c1cccc(F)c1. The Morgan fingerprint density at radius 1 is 1.38 bits per heavy atom. The van der Waals surface area contributed by atoms with Crippen molar-refractivity contribution in [3.8, 4) is 0 Å². The number of nitrogens with zero attached hydrogens (tertiary/aromatic N) is 3. The molecule has 1 aromatic carbocycles. The summed E-state index contributed by atoms with van der Waals surface area (Å²) in [5, 5.41) is 10.3. The molecule has 1 aliphatic heterocycles. The van der Waals surface area contributed by atoms with Crippen LogP contribution in [0.3, 0.4) is 0 Å². The molecule has 21 heavy (non-hydrogen) atoms. The molecule has 1 N–H and O–H groups in total. The van der Waals surface area contributed by atoms with Gasteiger partial charge in [-0.25, -0.2) is 4.39 Å². The summed E-state index contributed by atoms with van der Waals surface area (Å²) in [6.07, 6.45) is 2.82. The number of likely N-dealkylation sites (tertiary alicyclic amines) is 1.